The van der Waals surface area contributed by atoms with E-state index in [9.17, 15) is 28.8 Å². The van der Waals surface area contributed by atoms with Gasteiger partial charge in [0.1, 0.15) is 37.1 Å². The first-order valence-electron chi connectivity index (χ1n) is 33.5. The van der Waals surface area contributed by atoms with Gasteiger partial charge in [-0.05, 0) is 135 Å². The number of rotatable bonds is 23. The topological polar surface area (TPSA) is 321 Å². The number of benzene rings is 8. The van der Waals surface area contributed by atoms with Gasteiger partial charge in [0.2, 0.25) is 35.4 Å². The van der Waals surface area contributed by atoms with Crippen LogP contribution >= 0.6 is 11.6 Å². The van der Waals surface area contributed by atoms with Crippen molar-refractivity contribution >= 4 is 79.8 Å². The number of aryl methyl sites for hydroxylation is 1. The number of carbonyl (C=O) groups excluding carboxylic acids is 6. The quantitative estimate of drug-likeness (QED) is 0.0218. The first-order chi connectivity index (χ1) is 49.7. The number of halogens is 1. The average Bonchev–Trinajstić information content (AvgIpc) is 1.59. The van der Waals surface area contributed by atoms with Gasteiger partial charge in [0, 0.05) is 63.8 Å². The number of amides is 6. The van der Waals surface area contributed by atoms with Crippen LogP contribution in [-0.2, 0) is 67.9 Å². The zero-order chi connectivity index (χ0) is 72.6. The van der Waals surface area contributed by atoms with Gasteiger partial charge < -0.3 is 30.6 Å². The maximum absolute atomic E-state index is 12.9. The molecular formula is C81H76ClN9O12. The number of ether oxygens (including phenoxy) is 3. The minimum atomic E-state index is -1.01. The molecule has 14 rings (SSSR count). The summed E-state index contributed by atoms with van der Waals surface area (Å²) in [7, 11) is 3.36. The summed E-state index contributed by atoms with van der Waals surface area (Å²) in [5, 5.41) is 30.3. The van der Waals surface area contributed by atoms with Gasteiger partial charge in [-0.1, -0.05) is 157 Å². The molecule has 3 fully saturated rings. The third-order valence-corrected chi connectivity index (χ3v) is 19.9. The molecule has 3 aliphatic carbocycles. The summed E-state index contributed by atoms with van der Waals surface area (Å²) in [6.07, 6.45) is 2.03. The van der Waals surface area contributed by atoms with Crippen LogP contribution < -0.4 is 42.1 Å². The van der Waals surface area contributed by atoms with Gasteiger partial charge in [0.15, 0.2) is 0 Å². The predicted octanol–water partition coefficient (Wildman–Crippen LogP) is 12.0. The molecule has 3 aromatic heterocycles. The Balaban J connectivity index is 0.000000146. The van der Waals surface area contributed by atoms with E-state index in [2.05, 4.69) is 23.2 Å². The number of aromatic nitrogens is 3. The van der Waals surface area contributed by atoms with E-state index >= 15 is 0 Å². The zero-order valence-electron chi connectivity index (χ0n) is 56.7. The molecule has 6 amide bonds. The number of hydrogen-bond acceptors (Lipinski definition) is 15. The molecule has 0 aliphatic heterocycles. The molecule has 0 unspecified atom stereocenters. The maximum Gasteiger partial charge on any atom is 0.247 e. The fourth-order valence-corrected chi connectivity index (χ4v) is 14.0. The molecule has 3 heterocycles. The highest BCUT2D eigenvalue weighted by molar-refractivity contribution is 6.32. The molecule has 8 aromatic carbocycles. The van der Waals surface area contributed by atoms with Crippen LogP contribution in [-0.4, -0.2) is 85.0 Å². The zero-order valence-corrected chi connectivity index (χ0v) is 57.5. The number of hydroxylamine groups is 3. The molecule has 0 bridgehead atoms. The van der Waals surface area contributed by atoms with Crippen molar-refractivity contribution < 1.29 is 58.6 Å². The average molecular weight is 1400 g/mol. The van der Waals surface area contributed by atoms with Crippen molar-refractivity contribution in [3.8, 4) is 39.8 Å². The van der Waals surface area contributed by atoms with Gasteiger partial charge in [-0.25, -0.2) is 26.4 Å². The Hall–Kier alpha value is -11.6. The number of para-hydroxylation sites is 3. The first kappa shape index (κ1) is 71.2. The molecule has 3 saturated carbocycles. The summed E-state index contributed by atoms with van der Waals surface area (Å²) in [4.78, 5) is 88.1. The molecule has 10 N–H and O–H groups in total. The lowest BCUT2D eigenvalue weighted by Gasteiger charge is -2.21. The van der Waals surface area contributed by atoms with Crippen LogP contribution in [0, 0.1) is 40.9 Å². The second-order valence-corrected chi connectivity index (χ2v) is 27.0. The molecule has 11 aromatic rings. The summed E-state index contributed by atoms with van der Waals surface area (Å²) < 4.78 is 18.2. The Kier molecular flexibility index (Phi) is 21.2. The second-order valence-electron chi connectivity index (χ2n) is 26.6. The summed E-state index contributed by atoms with van der Waals surface area (Å²) in [5.41, 5.74) is 26.4. The molecular weight excluding hydrogens is 1330 g/mol. The lowest BCUT2D eigenvalue weighted by atomic mass is 9.92. The monoisotopic (exact) mass is 1400 g/mol. The molecule has 0 saturated heterocycles. The Morgan fingerprint density at radius 1 is 0.456 bits per heavy atom. The Bertz CT molecular complexity index is 5000. The van der Waals surface area contributed by atoms with E-state index in [1.165, 1.54) is 4.90 Å². The van der Waals surface area contributed by atoms with E-state index in [-0.39, 0.29) is 12.3 Å². The summed E-state index contributed by atoms with van der Waals surface area (Å²) in [5.74, 6) is -2.82. The third-order valence-electron chi connectivity index (χ3n) is 19.6. The number of nitrogens with one attached hydrogen (secondary N) is 3. The summed E-state index contributed by atoms with van der Waals surface area (Å²) >= 11 is 6.43. The van der Waals surface area contributed by atoms with Crippen molar-refractivity contribution in [1.29, 1.82) is 0 Å². The second kappa shape index (κ2) is 30.7. The number of pyridine rings is 3. The van der Waals surface area contributed by atoms with Crippen LogP contribution in [0.4, 0.5) is 0 Å². The molecule has 0 radical (unpaired) electrons. The highest BCUT2D eigenvalue weighted by atomic mass is 35.5. The van der Waals surface area contributed by atoms with E-state index in [0.29, 0.717) is 74.2 Å². The summed E-state index contributed by atoms with van der Waals surface area (Å²) in [6, 6.07) is 70.4. The van der Waals surface area contributed by atoms with Crippen molar-refractivity contribution in [3.63, 3.8) is 0 Å². The van der Waals surface area contributed by atoms with Gasteiger partial charge >= 0.3 is 0 Å². The molecule has 3 aliphatic rings. The molecule has 0 spiro atoms. The Morgan fingerprint density at radius 2 is 0.816 bits per heavy atom. The lowest BCUT2D eigenvalue weighted by molar-refractivity contribution is -0.139. The van der Waals surface area contributed by atoms with Crippen molar-refractivity contribution in [2.24, 2.45) is 45.5 Å². The Labute approximate surface area is 598 Å². The van der Waals surface area contributed by atoms with Crippen LogP contribution in [0.3, 0.4) is 0 Å². The number of hydrogen-bond donors (Lipinski definition) is 8. The van der Waals surface area contributed by atoms with Crippen LogP contribution in [0.25, 0.3) is 55.2 Å². The first-order valence-corrected chi connectivity index (χ1v) is 33.8. The number of nitrogens with two attached hydrogens (primary N) is 2. The Morgan fingerprint density at radius 3 is 1.23 bits per heavy atom. The minimum absolute atomic E-state index is 0.111. The smallest absolute Gasteiger partial charge is 0.247 e. The van der Waals surface area contributed by atoms with Gasteiger partial charge in [-0.3, -0.25) is 49.4 Å². The standard InChI is InChI=1S/C30H29N3O4.C28H25N3O4.C23H22ClN3O4/c1-33(2)29(35)30(18-25(30)28(34)32-36)17-20-12-14-23(15-13-20)37-19-22-16-27(21-8-4-3-5-9-21)31-26-11-7-6-10-24(22)26;29-27(33)28(16-23(28)26(32)31-34)15-18-10-12-21(13-11-18)35-17-20-14-25(19-6-2-1-3-7-19)30-24-9-5-4-8-22(20)24;1-13-8-15(16-4-2-3-5-19(16)26-13)12-31-20-7-6-14(9-18(20)24)10-23(22(25)29)11-17(23)21(28)27-30/h3-16,25,36H,17-19H2,1-2H3,(H,32,34);1-14,23,34H,15-17H2,(H2,29,33)(H,31,32);2-9,17,30H,10-12H2,1H3,(H2,25,29)(H,27,28)/t25-,30+;23-,28+;17-,23+/m111/s1. The van der Waals surface area contributed by atoms with Gasteiger partial charge in [-0.2, -0.15) is 0 Å². The van der Waals surface area contributed by atoms with Crippen LogP contribution in [0.5, 0.6) is 17.2 Å². The number of primary amides is 2. The van der Waals surface area contributed by atoms with Crippen molar-refractivity contribution in [3.05, 3.63) is 262 Å². The fraction of sp³-hybridized carbons (Fsp3) is 0.222. The molecule has 21 nitrogen and oxygen atoms in total. The number of fused-ring (bicyclic) bond motifs is 3. The normalized spacial score (nSPS) is 18.9. The van der Waals surface area contributed by atoms with Gasteiger partial charge in [0.05, 0.1) is 67.0 Å². The van der Waals surface area contributed by atoms with E-state index < -0.39 is 63.5 Å². The van der Waals surface area contributed by atoms with Gasteiger partial charge in [-0.15, -0.1) is 0 Å². The lowest BCUT2D eigenvalue weighted by Crippen LogP contribution is -2.36. The van der Waals surface area contributed by atoms with Crippen molar-refractivity contribution in [1.82, 2.24) is 36.3 Å². The number of carbonyl (C=O) groups is 6. The molecule has 524 valence electrons. The van der Waals surface area contributed by atoms with Gasteiger partial charge in [0.25, 0.3) is 0 Å². The largest absolute Gasteiger partial charge is 0.489 e. The van der Waals surface area contributed by atoms with E-state index in [0.717, 1.165) is 94.3 Å². The minimum Gasteiger partial charge on any atom is -0.489 e. The predicted molar refractivity (Wildman–Crippen MR) is 388 cm³/mol. The molecule has 103 heavy (non-hydrogen) atoms. The fourth-order valence-electron chi connectivity index (χ4n) is 13.8. The number of nitrogens with zero attached hydrogens (tertiary/aromatic N) is 4. The van der Waals surface area contributed by atoms with Crippen LogP contribution in [0.1, 0.15) is 58.3 Å². The van der Waals surface area contributed by atoms with Crippen molar-refractivity contribution in [2.45, 2.75) is 65.3 Å². The van der Waals surface area contributed by atoms with E-state index in [1.54, 1.807) is 48.7 Å². The highest BCUT2D eigenvalue weighted by Crippen LogP contribution is 2.57. The molecule has 22 heteroatoms. The third kappa shape index (κ3) is 15.8. The SMILES string of the molecule is CN(C)C(=O)[C@@]1(Cc2ccc(OCc3cc(-c4ccccc4)nc4ccccc34)cc2)C[C@@H]1C(=O)NO.Cc1cc(COc2ccc(C[C@]3(C(N)=O)C[C@@H]3C(=O)NO)cc2Cl)c2ccccc2n1.NC(=O)[C@@]1(Cc2ccc(OCc3cc(-c4ccccc4)nc4ccccc34)cc2)C[C@@H]1C(=O)NO. The van der Waals surface area contributed by atoms with Crippen molar-refractivity contribution in [2.75, 3.05) is 14.1 Å². The van der Waals surface area contributed by atoms with Crippen LogP contribution in [0.2, 0.25) is 5.02 Å². The van der Waals surface area contributed by atoms with Crippen LogP contribution in [0.15, 0.2) is 218 Å². The van der Waals surface area contributed by atoms with E-state index in [4.69, 9.17) is 62.9 Å². The highest BCUT2D eigenvalue weighted by Gasteiger charge is 2.65. The molecule has 6 atom stereocenters. The summed E-state index contributed by atoms with van der Waals surface area (Å²) in [6.45, 7) is 3.01. The van der Waals surface area contributed by atoms with E-state index in [1.807, 2.05) is 189 Å². The maximum atomic E-state index is 12.9.